The standard InChI is InChI=1S/C14H14NO.C12H18NO.C12H12N.C11H18N.C10H16N.2C8H12N.2C7H10N.C2H6.CH7N3/c1-12-5-7-13(8-6-12)14(16)11-15-9-3-2-4-10-15;1-10-5-7-11(8-6-10)12(14)9-13(2,3)4;1-11-5-7-12(8-6-11)13-9-3-2-4-10-13;1-10-5-7-11(8-6-10)9-12(2,3)4;1-9-5-7-10(8-6-9)11(2,3)4;1-3-9-6-4-8(2)5-7-9;1-3-9-6-4-5-8(2)7-9;1-7-3-5-8(2)6-4-7;1-7-4-3-5-8(2)6-7;1-2;1-3-4-2/h2-10H,11H2,1H3;5-8H,9H2,1-4H3;2-10H,1H3;5-8H,9H2,1-4H3;5-8H,1-4H3;2*4-7H,3H2,1-2H3;2*3-6H,1-2H3;1-2H3;3-4H,2H2,1H3/q9*+1;;/p+1. The Morgan fingerprint density at radius 3 is 1.09 bits per heavy atom. The number of pyridine rings is 6. The van der Waals surface area contributed by atoms with E-state index in [0.29, 0.717) is 17.6 Å². The lowest BCUT2D eigenvalue weighted by Crippen LogP contribution is -2.69. The zero-order valence-corrected chi connectivity index (χ0v) is 69.6. The van der Waals surface area contributed by atoms with Gasteiger partial charge in [-0.2, -0.15) is 9.13 Å². The number of Topliss-reactive ketones (excluding diaryl/α,β-unsaturated/α-hetero) is 2. The number of carbonyl (C=O) groups excluding carboxylic acids is 2. The Bertz CT molecular complexity index is 4030. The molecule has 0 amide bonds. The molecule has 566 valence electrons. The summed E-state index contributed by atoms with van der Waals surface area (Å²) in [7, 11) is 25.0. The molecule has 0 saturated carbocycles. The van der Waals surface area contributed by atoms with Crippen molar-refractivity contribution in [3.8, 4) is 5.69 Å². The maximum Gasteiger partial charge on any atom is 0.227 e. The lowest BCUT2D eigenvalue weighted by Gasteiger charge is -2.23. The van der Waals surface area contributed by atoms with Crippen LogP contribution in [0.5, 0.6) is 0 Å². The summed E-state index contributed by atoms with van der Waals surface area (Å²) in [6.07, 6.45) is 24.5. The van der Waals surface area contributed by atoms with E-state index in [1.807, 2.05) is 211 Å². The first-order valence-electron chi connectivity index (χ1n) is 36.8. The predicted molar refractivity (Wildman–Crippen MR) is 442 cm³/mol. The van der Waals surface area contributed by atoms with E-state index in [-0.39, 0.29) is 11.6 Å². The van der Waals surface area contributed by atoms with Crippen LogP contribution in [0.15, 0.2) is 281 Å². The lowest BCUT2D eigenvalue weighted by molar-refractivity contribution is -0.884. The number of aromatic nitrogens is 6. The van der Waals surface area contributed by atoms with Crippen LogP contribution in [0, 0.1) is 62.3 Å². The van der Waals surface area contributed by atoms with Crippen LogP contribution in [-0.2, 0) is 40.3 Å². The van der Waals surface area contributed by atoms with Crippen LogP contribution in [0.25, 0.3) is 5.69 Å². The highest BCUT2D eigenvalue weighted by molar-refractivity contribution is 5.97. The van der Waals surface area contributed by atoms with Crippen LogP contribution in [0.2, 0.25) is 0 Å². The summed E-state index contributed by atoms with van der Waals surface area (Å²) < 4.78 is 14.9. The van der Waals surface area contributed by atoms with Crippen LogP contribution in [0.1, 0.15) is 104 Å². The molecule has 0 radical (unpaired) electrons. The number of nitrogens with one attached hydrogen (secondary N) is 2. The molecule has 14 heteroatoms. The van der Waals surface area contributed by atoms with Crippen molar-refractivity contribution in [1.29, 1.82) is 0 Å². The number of hydrogen-bond acceptors (Lipinski definition) is 4. The molecule has 0 aliphatic carbocycles. The minimum atomic E-state index is 0.135. The van der Waals surface area contributed by atoms with E-state index in [0.717, 1.165) is 39.7 Å². The number of likely N-dealkylation sites (N-methyl/N-ethyl adjacent to an activating group) is 1. The minimum absolute atomic E-state index is 0.135. The molecule has 6 aromatic heterocycles. The third-order valence-corrected chi connectivity index (χ3v) is 15.3. The largest absolute Gasteiger partial charge is 0.327 e. The summed E-state index contributed by atoms with van der Waals surface area (Å²) in [5.74, 6) is 3.58. The smallest absolute Gasteiger partial charge is 0.227 e. The second-order valence-electron chi connectivity index (χ2n) is 28.9. The van der Waals surface area contributed by atoms with Crippen LogP contribution in [0.3, 0.4) is 0 Å². The fourth-order valence-electron chi connectivity index (χ4n) is 9.22. The first-order chi connectivity index (χ1) is 50.1. The van der Waals surface area contributed by atoms with Gasteiger partial charge >= 0.3 is 0 Å². The van der Waals surface area contributed by atoms with Crippen LogP contribution in [0.4, 0.5) is 5.69 Å². The topological polar surface area (TPSA) is 109 Å². The maximum absolute atomic E-state index is 11.9. The molecule has 5 N–H and O–H groups in total. The van der Waals surface area contributed by atoms with Gasteiger partial charge in [0.25, 0.3) is 0 Å². The van der Waals surface area contributed by atoms with Crippen molar-refractivity contribution in [3.63, 3.8) is 0 Å². The fraction of sp³-hybridized carbons (Fsp3) is 0.326. The SMILES string of the molecule is CC.CC[n+]1ccc(C)cc1.CC[n+]1cccc(C)c1.CNN[NH3+].Cc1cc[n+](C)cc1.Cc1ccc(-[n+]2ccccc2)cc1.Cc1ccc(C(=O)C[N+](C)(C)C)cc1.Cc1ccc(C(=O)C[n+]2ccccc2)cc1.Cc1ccc(C[N+](C)(C)C)cc1.Cc1ccc([N+](C)(C)C)cc1.Cc1ccc[n+](C)c1. The highest BCUT2D eigenvalue weighted by Gasteiger charge is 2.16. The van der Waals surface area contributed by atoms with Gasteiger partial charge in [0.15, 0.2) is 74.4 Å². The average molecular weight is 1440 g/mol. The Balaban J connectivity index is 0.000000595. The van der Waals surface area contributed by atoms with Gasteiger partial charge in [-0.05, 0) is 112 Å². The van der Waals surface area contributed by atoms with Crippen molar-refractivity contribution in [2.45, 2.75) is 116 Å². The van der Waals surface area contributed by atoms with Crippen molar-refractivity contribution in [3.05, 3.63) is 347 Å². The van der Waals surface area contributed by atoms with Crippen LogP contribution < -0.4 is 48.7 Å². The zero-order valence-electron chi connectivity index (χ0n) is 69.6. The molecule has 11 rings (SSSR count). The summed E-state index contributed by atoms with van der Waals surface area (Å²) in [5.41, 5.74) is 22.1. The van der Waals surface area contributed by atoms with E-state index >= 15 is 0 Å². The normalized spacial score (nSPS) is 10.1. The van der Waals surface area contributed by atoms with Crippen molar-refractivity contribution >= 4 is 17.3 Å². The molecule has 6 heterocycles. The molecule has 0 bridgehead atoms. The molecule has 11 aromatic rings. The Morgan fingerprint density at radius 1 is 0.368 bits per heavy atom. The Morgan fingerprint density at radius 2 is 0.736 bits per heavy atom. The van der Waals surface area contributed by atoms with Gasteiger partial charge in [-0.15, -0.1) is 5.53 Å². The number of nitrogens with zero attached hydrogens (tertiary/aromatic N) is 9. The summed E-state index contributed by atoms with van der Waals surface area (Å²) in [5, 5.41) is 0. The minimum Gasteiger partial charge on any atom is -0.327 e. The summed E-state index contributed by atoms with van der Waals surface area (Å²) in [4.78, 5) is 23.7. The molecule has 5 aromatic carbocycles. The lowest BCUT2D eigenvalue weighted by atomic mass is 10.1. The molecule has 0 aliphatic rings. The van der Waals surface area contributed by atoms with Crippen molar-refractivity contribution in [1.82, 2.24) is 15.4 Å². The molecular formula is C92H136N12O2+10. The average Bonchev–Trinajstić information content (AvgIpc) is 0.877. The highest BCUT2D eigenvalue weighted by Crippen LogP contribution is 2.17. The van der Waals surface area contributed by atoms with E-state index in [2.05, 4.69) is 281 Å². The number of rotatable bonds is 13. The number of aryl methyl sites for hydroxylation is 13. The van der Waals surface area contributed by atoms with Gasteiger partial charge in [0, 0.05) is 108 Å². The molecule has 0 fully saturated rings. The molecule has 14 nitrogen and oxygen atoms in total. The number of ketones is 2. The van der Waals surface area contributed by atoms with E-state index in [1.54, 1.807) is 7.05 Å². The van der Waals surface area contributed by atoms with Gasteiger partial charge in [-0.3, -0.25) is 19.9 Å². The molecule has 0 spiro atoms. The number of benzene rings is 5. The first kappa shape index (κ1) is 94.1. The summed E-state index contributed by atoms with van der Waals surface area (Å²) >= 11 is 0. The van der Waals surface area contributed by atoms with Crippen LogP contribution in [-0.4, -0.2) is 97.6 Å². The monoisotopic (exact) mass is 1440 g/mol. The quantitative estimate of drug-likeness (QED) is 0.0462. The van der Waals surface area contributed by atoms with E-state index < -0.39 is 0 Å². The van der Waals surface area contributed by atoms with Gasteiger partial charge < -0.3 is 8.97 Å². The second kappa shape index (κ2) is 52.1. The molecule has 0 aliphatic heterocycles. The molecule has 0 atom stereocenters. The second-order valence-corrected chi connectivity index (χ2v) is 28.9. The van der Waals surface area contributed by atoms with Gasteiger partial charge in [-0.1, -0.05) is 151 Å². The van der Waals surface area contributed by atoms with Gasteiger partial charge in [0.2, 0.25) is 23.8 Å². The van der Waals surface area contributed by atoms with Gasteiger partial charge in [0.1, 0.15) is 46.0 Å². The zero-order chi connectivity index (χ0) is 79.7. The Labute approximate surface area is 641 Å². The van der Waals surface area contributed by atoms with Crippen LogP contribution >= 0.6 is 0 Å². The third-order valence-electron chi connectivity index (χ3n) is 15.3. The van der Waals surface area contributed by atoms with Crippen molar-refractivity contribution < 1.29 is 51.8 Å². The first-order valence-corrected chi connectivity index (χ1v) is 36.8. The number of hydrazine groups is 1. The summed E-state index contributed by atoms with van der Waals surface area (Å²) in [6.45, 7) is 31.2. The molecular weight excluding hydrogens is 1310 g/mol. The van der Waals surface area contributed by atoms with E-state index in [4.69, 9.17) is 0 Å². The molecule has 106 heavy (non-hydrogen) atoms. The number of hydrogen-bond donors (Lipinski definition) is 3. The van der Waals surface area contributed by atoms with Crippen molar-refractivity contribution in [2.75, 3.05) is 77.0 Å². The van der Waals surface area contributed by atoms with Crippen molar-refractivity contribution in [2.24, 2.45) is 14.1 Å². The Hall–Kier alpha value is -9.90. The molecule has 0 unspecified atom stereocenters. The van der Waals surface area contributed by atoms with Gasteiger partial charge in [0.05, 0.1) is 63.4 Å². The number of carbonyl (C=O) groups is 2. The molecule has 0 saturated heterocycles. The fourth-order valence-corrected chi connectivity index (χ4v) is 9.22. The highest BCUT2D eigenvalue weighted by atomic mass is 16.1. The van der Waals surface area contributed by atoms with E-state index in [9.17, 15) is 9.59 Å². The summed E-state index contributed by atoms with van der Waals surface area (Å²) in [6, 6.07) is 69.8. The predicted octanol–water partition coefficient (Wildman–Crippen LogP) is 13.9. The Kier molecular flexibility index (Phi) is 46.3. The maximum atomic E-state index is 11.9. The third kappa shape index (κ3) is 46.0. The van der Waals surface area contributed by atoms with Gasteiger partial charge in [-0.25, -0.2) is 23.7 Å². The van der Waals surface area contributed by atoms with E-state index in [1.165, 1.54) is 67.0 Å². The number of quaternary nitrogens is 4.